The van der Waals surface area contributed by atoms with E-state index >= 15 is 0 Å². The Labute approximate surface area is 172 Å². The number of hydrogen-bond acceptors (Lipinski definition) is 4. The molecule has 0 bridgehead atoms. The molecule has 0 unspecified atom stereocenters. The second-order valence-electron chi connectivity index (χ2n) is 7.45. The molecular formula is C22H28N2O4S. The summed E-state index contributed by atoms with van der Waals surface area (Å²) in [6, 6.07) is 12.4. The van der Waals surface area contributed by atoms with Gasteiger partial charge in [-0.1, -0.05) is 6.07 Å². The highest BCUT2D eigenvalue weighted by atomic mass is 32.2. The zero-order valence-corrected chi connectivity index (χ0v) is 18.0. The maximum absolute atomic E-state index is 12.9. The summed E-state index contributed by atoms with van der Waals surface area (Å²) in [7, 11) is -3.57. The number of nitrogens with zero attached hydrogens (tertiary/aromatic N) is 1. The predicted octanol–water partition coefficient (Wildman–Crippen LogP) is 3.74. The van der Waals surface area contributed by atoms with Crippen molar-refractivity contribution in [1.29, 1.82) is 0 Å². The minimum Gasteiger partial charge on any atom is -0.494 e. The fourth-order valence-electron chi connectivity index (χ4n) is 3.67. The van der Waals surface area contributed by atoms with Gasteiger partial charge in [0.2, 0.25) is 15.9 Å². The van der Waals surface area contributed by atoms with Crippen LogP contribution in [0.2, 0.25) is 0 Å². The van der Waals surface area contributed by atoms with Gasteiger partial charge < -0.3 is 10.1 Å². The van der Waals surface area contributed by atoms with E-state index in [0.29, 0.717) is 38.3 Å². The number of piperidine rings is 1. The van der Waals surface area contributed by atoms with Crippen LogP contribution in [0.25, 0.3) is 0 Å². The molecule has 1 N–H and O–H groups in total. The third kappa shape index (κ3) is 5.16. The molecule has 1 saturated heterocycles. The van der Waals surface area contributed by atoms with E-state index in [2.05, 4.69) is 11.4 Å². The van der Waals surface area contributed by atoms with Gasteiger partial charge in [-0.2, -0.15) is 4.31 Å². The molecule has 0 aliphatic carbocycles. The summed E-state index contributed by atoms with van der Waals surface area (Å²) in [5.74, 6) is 0.406. The van der Waals surface area contributed by atoms with Crippen LogP contribution in [0, 0.1) is 19.8 Å². The lowest BCUT2D eigenvalue weighted by molar-refractivity contribution is -0.120. The van der Waals surface area contributed by atoms with Gasteiger partial charge >= 0.3 is 0 Å². The van der Waals surface area contributed by atoms with E-state index in [1.54, 1.807) is 24.3 Å². The molecule has 7 heteroatoms. The molecule has 2 aromatic carbocycles. The second-order valence-corrected chi connectivity index (χ2v) is 9.39. The third-order valence-electron chi connectivity index (χ3n) is 5.09. The average molecular weight is 417 g/mol. The fourth-order valence-corrected chi connectivity index (χ4v) is 5.14. The molecule has 6 nitrogen and oxygen atoms in total. The number of carbonyl (C=O) groups excluding carboxylic acids is 1. The summed E-state index contributed by atoms with van der Waals surface area (Å²) in [6.07, 6.45) is 1.01. The minimum atomic E-state index is -3.57. The van der Waals surface area contributed by atoms with Gasteiger partial charge in [-0.3, -0.25) is 4.79 Å². The van der Waals surface area contributed by atoms with Crippen LogP contribution >= 0.6 is 0 Å². The number of sulfonamides is 1. The molecule has 0 aromatic heterocycles. The van der Waals surface area contributed by atoms with E-state index in [9.17, 15) is 13.2 Å². The van der Waals surface area contributed by atoms with Gasteiger partial charge in [-0.15, -0.1) is 0 Å². The normalized spacial score (nSPS) is 15.8. The Balaban J connectivity index is 1.61. The first kappa shape index (κ1) is 21.3. The van der Waals surface area contributed by atoms with Crippen LogP contribution in [0.3, 0.4) is 0 Å². The molecule has 0 saturated carbocycles. The number of benzene rings is 2. The van der Waals surface area contributed by atoms with Crippen LogP contribution in [0.4, 0.5) is 5.69 Å². The largest absolute Gasteiger partial charge is 0.494 e. The van der Waals surface area contributed by atoms with Crippen molar-refractivity contribution in [3.8, 4) is 5.75 Å². The lowest BCUT2D eigenvalue weighted by Gasteiger charge is -2.30. The van der Waals surface area contributed by atoms with E-state index in [4.69, 9.17) is 4.74 Å². The van der Waals surface area contributed by atoms with Crippen molar-refractivity contribution in [3.63, 3.8) is 0 Å². The van der Waals surface area contributed by atoms with E-state index < -0.39 is 10.0 Å². The van der Waals surface area contributed by atoms with Gasteiger partial charge in [0, 0.05) is 24.7 Å². The number of ether oxygens (including phenoxy) is 1. The second kappa shape index (κ2) is 8.97. The Morgan fingerprint density at radius 2 is 1.66 bits per heavy atom. The first-order chi connectivity index (χ1) is 13.8. The number of amides is 1. The van der Waals surface area contributed by atoms with Crippen LogP contribution in [-0.2, 0) is 14.8 Å². The number of hydrogen-bond donors (Lipinski definition) is 1. The fraction of sp³-hybridized carbons (Fsp3) is 0.409. The predicted molar refractivity (Wildman–Crippen MR) is 114 cm³/mol. The van der Waals surface area contributed by atoms with E-state index in [1.807, 2.05) is 32.9 Å². The van der Waals surface area contributed by atoms with Crippen molar-refractivity contribution in [3.05, 3.63) is 53.6 Å². The Morgan fingerprint density at radius 1 is 1.07 bits per heavy atom. The number of anilines is 1. The Kier molecular flexibility index (Phi) is 6.59. The van der Waals surface area contributed by atoms with Crippen molar-refractivity contribution in [2.45, 2.75) is 38.5 Å². The molecule has 1 amide bonds. The Hall–Kier alpha value is -2.38. The number of rotatable bonds is 6. The maximum atomic E-state index is 12.9. The summed E-state index contributed by atoms with van der Waals surface area (Å²) in [4.78, 5) is 12.9. The monoisotopic (exact) mass is 416 g/mol. The van der Waals surface area contributed by atoms with Gasteiger partial charge in [-0.05, 0) is 81.1 Å². The van der Waals surface area contributed by atoms with E-state index in [1.165, 1.54) is 4.31 Å². The molecule has 2 aromatic rings. The molecule has 1 heterocycles. The smallest absolute Gasteiger partial charge is 0.243 e. The van der Waals surface area contributed by atoms with Crippen LogP contribution < -0.4 is 10.1 Å². The molecule has 1 fully saturated rings. The molecular weight excluding hydrogens is 388 g/mol. The third-order valence-corrected chi connectivity index (χ3v) is 7.00. The first-order valence-corrected chi connectivity index (χ1v) is 11.4. The number of aryl methyl sites for hydroxylation is 2. The van der Waals surface area contributed by atoms with Crippen LogP contribution in [-0.4, -0.2) is 38.3 Å². The van der Waals surface area contributed by atoms with Crippen molar-refractivity contribution in [2.24, 2.45) is 5.92 Å². The lowest BCUT2D eigenvalue weighted by atomic mass is 9.97. The molecule has 3 rings (SSSR count). The van der Waals surface area contributed by atoms with Crippen LogP contribution in [0.15, 0.2) is 47.4 Å². The van der Waals surface area contributed by atoms with Crippen LogP contribution in [0.1, 0.15) is 30.9 Å². The minimum absolute atomic E-state index is 0.0480. The lowest BCUT2D eigenvalue weighted by Crippen LogP contribution is -2.41. The standard InChI is InChI=1S/C22H28N2O4S/c1-4-28-20-5-7-21(8-6-20)29(26,27)24-11-9-18(10-12-24)22(25)23-19-14-16(2)13-17(3)15-19/h5-8,13-15,18H,4,9-12H2,1-3H3,(H,23,25). The van der Waals surface area contributed by atoms with Crippen molar-refractivity contribution in [1.82, 2.24) is 4.31 Å². The Bertz CT molecular complexity index is 943. The van der Waals surface area contributed by atoms with Gasteiger partial charge in [0.1, 0.15) is 5.75 Å². The highest BCUT2D eigenvalue weighted by Gasteiger charge is 2.32. The summed E-state index contributed by atoms with van der Waals surface area (Å²) in [6.45, 7) is 7.07. The van der Waals surface area contributed by atoms with Crippen molar-refractivity contribution < 1.29 is 17.9 Å². The van der Waals surface area contributed by atoms with Crippen molar-refractivity contribution in [2.75, 3.05) is 25.0 Å². The van der Waals surface area contributed by atoms with Gasteiger partial charge in [0.15, 0.2) is 0 Å². The molecule has 1 aliphatic heterocycles. The zero-order chi connectivity index (χ0) is 21.0. The number of carbonyl (C=O) groups is 1. The first-order valence-electron chi connectivity index (χ1n) is 9.92. The highest BCUT2D eigenvalue weighted by molar-refractivity contribution is 7.89. The molecule has 0 atom stereocenters. The summed E-state index contributed by atoms with van der Waals surface area (Å²) >= 11 is 0. The van der Waals surface area contributed by atoms with E-state index in [0.717, 1.165) is 16.8 Å². The topological polar surface area (TPSA) is 75.7 Å². The molecule has 0 spiro atoms. The quantitative estimate of drug-likeness (QED) is 0.778. The number of nitrogens with one attached hydrogen (secondary N) is 1. The van der Waals surface area contributed by atoms with Gasteiger partial charge in [-0.25, -0.2) is 8.42 Å². The summed E-state index contributed by atoms with van der Waals surface area (Å²) in [5, 5.41) is 2.98. The SMILES string of the molecule is CCOc1ccc(S(=O)(=O)N2CCC(C(=O)Nc3cc(C)cc(C)c3)CC2)cc1. The Morgan fingerprint density at radius 3 is 2.21 bits per heavy atom. The molecule has 156 valence electrons. The molecule has 1 aliphatic rings. The van der Waals surface area contributed by atoms with Crippen molar-refractivity contribution >= 4 is 21.6 Å². The average Bonchev–Trinajstić information content (AvgIpc) is 2.68. The maximum Gasteiger partial charge on any atom is 0.243 e. The molecule has 29 heavy (non-hydrogen) atoms. The van der Waals surface area contributed by atoms with Gasteiger partial charge in [0.25, 0.3) is 0 Å². The van der Waals surface area contributed by atoms with E-state index in [-0.39, 0.29) is 16.7 Å². The van der Waals surface area contributed by atoms with Gasteiger partial charge in [0.05, 0.1) is 11.5 Å². The summed E-state index contributed by atoms with van der Waals surface area (Å²) < 4.78 is 32.6. The van der Waals surface area contributed by atoms with Crippen LogP contribution in [0.5, 0.6) is 5.75 Å². The zero-order valence-electron chi connectivity index (χ0n) is 17.1. The summed E-state index contributed by atoms with van der Waals surface area (Å²) in [5.41, 5.74) is 2.98. The molecule has 0 radical (unpaired) electrons. The highest BCUT2D eigenvalue weighted by Crippen LogP contribution is 2.26.